The summed E-state index contributed by atoms with van der Waals surface area (Å²) in [5.74, 6) is -0.883. The molecule has 0 saturated carbocycles. The van der Waals surface area contributed by atoms with Gasteiger partial charge in [0.15, 0.2) is 0 Å². The van der Waals surface area contributed by atoms with E-state index in [1.165, 1.54) is 6.92 Å². The van der Waals surface area contributed by atoms with Crippen LogP contribution in [0, 0.1) is 5.41 Å². The molecule has 0 saturated heterocycles. The van der Waals surface area contributed by atoms with Gasteiger partial charge in [0.1, 0.15) is 6.10 Å². The number of ether oxygens (including phenoxy) is 2. The number of aryl methyl sites for hydroxylation is 1. The molecule has 0 fully saturated rings. The monoisotopic (exact) mass is 333 g/mol. The lowest BCUT2D eigenvalue weighted by Gasteiger charge is -2.38. The van der Waals surface area contributed by atoms with Crippen molar-refractivity contribution in [1.82, 2.24) is 0 Å². The average molecular weight is 333 g/mol. The molecule has 1 aromatic carbocycles. The van der Waals surface area contributed by atoms with Gasteiger partial charge in [-0.3, -0.25) is 14.4 Å². The molecule has 0 aliphatic carbocycles. The lowest BCUT2D eigenvalue weighted by molar-refractivity contribution is -0.157. The van der Waals surface area contributed by atoms with Gasteiger partial charge < -0.3 is 14.8 Å². The molecule has 0 radical (unpaired) electrons. The van der Waals surface area contributed by atoms with Crippen LogP contribution in [0.3, 0.4) is 0 Å². The third kappa shape index (κ3) is 3.75. The van der Waals surface area contributed by atoms with E-state index >= 15 is 0 Å². The van der Waals surface area contributed by atoms with Crippen LogP contribution in [0.5, 0.6) is 0 Å². The summed E-state index contributed by atoms with van der Waals surface area (Å²) in [5, 5.41) is 2.84. The average Bonchev–Trinajstić information content (AvgIpc) is 2.50. The smallest absolute Gasteiger partial charge is 0.306 e. The first kappa shape index (κ1) is 18.0. The van der Waals surface area contributed by atoms with Gasteiger partial charge in [-0.15, -0.1) is 0 Å². The van der Waals surface area contributed by atoms with E-state index in [1.54, 1.807) is 26.8 Å². The highest BCUT2D eigenvalue weighted by Gasteiger charge is 2.45. The van der Waals surface area contributed by atoms with Crippen molar-refractivity contribution in [2.24, 2.45) is 5.41 Å². The number of nitrogens with one attached hydrogen (secondary N) is 1. The Morgan fingerprint density at radius 1 is 1.29 bits per heavy atom. The first-order valence-electron chi connectivity index (χ1n) is 8.02. The maximum absolute atomic E-state index is 12.3. The van der Waals surface area contributed by atoms with Gasteiger partial charge in [0.25, 0.3) is 0 Å². The van der Waals surface area contributed by atoms with Crippen molar-refractivity contribution in [3.8, 4) is 0 Å². The molecule has 130 valence electrons. The number of anilines is 1. The molecule has 1 N–H and O–H groups in total. The van der Waals surface area contributed by atoms with Gasteiger partial charge in [0.05, 0.1) is 12.0 Å². The Labute approximate surface area is 141 Å². The molecule has 24 heavy (non-hydrogen) atoms. The molecule has 6 heteroatoms. The summed E-state index contributed by atoms with van der Waals surface area (Å²) in [6.45, 7) is 6.93. The number of fused-ring (bicyclic) bond motifs is 1. The molecule has 1 aliphatic rings. The normalized spacial score (nSPS) is 18.3. The number of benzene rings is 1. The Bertz CT molecular complexity index is 665. The first-order valence-corrected chi connectivity index (χ1v) is 8.02. The topological polar surface area (TPSA) is 81.7 Å². The fraction of sp³-hybridized carbons (Fsp3) is 0.500. The van der Waals surface area contributed by atoms with Gasteiger partial charge in [0.2, 0.25) is 5.91 Å². The Morgan fingerprint density at radius 2 is 2.00 bits per heavy atom. The number of rotatable bonds is 5. The third-order valence-electron chi connectivity index (χ3n) is 4.09. The molecule has 0 unspecified atom stereocenters. The number of hydrogen-bond donors (Lipinski definition) is 1. The maximum Gasteiger partial charge on any atom is 0.306 e. The summed E-state index contributed by atoms with van der Waals surface area (Å²) in [7, 11) is 0. The molecule has 0 spiro atoms. The molecule has 1 amide bonds. The second kappa shape index (κ2) is 7.03. The van der Waals surface area contributed by atoms with E-state index in [0.717, 1.165) is 11.1 Å². The van der Waals surface area contributed by atoms with Crippen molar-refractivity contribution in [3.63, 3.8) is 0 Å². The Morgan fingerprint density at radius 3 is 2.62 bits per heavy atom. The number of hydrogen-bond acceptors (Lipinski definition) is 5. The van der Waals surface area contributed by atoms with E-state index in [1.807, 2.05) is 12.1 Å². The van der Waals surface area contributed by atoms with E-state index < -0.39 is 17.5 Å². The van der Waals surface area contributed by atoms with Gasteiger partial charge in [-0.1, -0.05) is 6.07 Å². The van der Waals surface area contributed by atoms with Gasteiger partial charge in [-0.05, 0) is 44.9 Å². The lowest BCUT2D eigenvalue weighted by atomic mass is 9.77. The van der Waals surface area contributed by atoms with Crippen molar-refractivity contribution in [3.05, 3.63) is 29.3 Å². The van der Waals surface area contributed by atoms with Gasteiger partial charge in [-0.2, -0.15) is 0 Å². The molecule has 6 nitrogen and oxygen atoms in total. The minimum absolute atomic E-state index is 0.194. The quantitative estimate of drug-likeness (QED) is 0.838. The van der Waals surface area contributed by atoms with Gasteiger partial charge >= 0.3 is 11.9 Å². The molecule has 1 atom stereocenters. The van der Waals surface area contributed by atoms with Crippen molar-refractivity contribution >= 4 is 23.5 Å². The number of amides is 1. The Hall–Kier alpha value is -2.37. The van der Waals surface area contributed by atoms with Crippen LogP contribution in [0.1, 0.15) is 51.3 Å². The van der Waals surface area contributed by atoms with Crippen molar-refractivity contribution < 1.29 is 23.9 Å². The Balaban J connectivity index is 2.29. The van der Waals surface area contributed by atoms with Crippen LogP contribution in [0.15, 0.2) is 18.2 Å². The van der Waals surface area contributed by atoms with Crippen molar-refractivity contribution in [1.29, 1.82) is 0 Å². The summed E-state index contributed by atoms with van der Waals surface area (Å²) in [5.41, 5.74) is 1.42. The van der Waals surface area contributed by atoms with Crippen molar-refractivity contribution in [2.45, 2.75) is 46.6 Å². The van der Waals surface area contributed by atoms with Crippen LogP contribution in [-0.4, -0.2) is 24.5 Å². The standard InChI is InChI=1S/C18H23NO5/c1-5-23-15(21)9-7-12-6-8-14-13(10-12)16(24-11(2)20)18(3,4)17(22)19-14/h6,8,10,16H,5,7,9H2,1-4H3,(H,19,22)/t16-/m0/s1. The van der Waals surface area contributed by atoms with Crippen LogP contribution < -0.4 is 5.32 Å². The van der Waals surface area contributed by atoms with E-state index in [4.69, 9.17) is 9.47 Å². The van der Waals surface area contributed by atoms with Crippen LogP contribution >= 0.6 is 0 Å². The molecule has 0 aromatic heterocycles. The fourth-order valence-corrected chi connectivity index (χ4v) is 2.75. The molecule has 1 heterocycles. The summed E-state index contributed by atoms with van der Waals surface area (Å²) in [6.07, 6.45) is 0.134. The van der Waals surface area contributed by atoms with Gasteiger partial charge in [0, 0.05) is 24.6 Å². The van der Waals surface area contributed by atoms with Crippen LogP contribution in [-0.2, 0) is 30.3 Å². The van der Waals surface area contributed by atoms with Gasteiger partial charge in [-0.25, -0.2) is 0 Å². The Kier molecular flexibility index (Phi) is 5.26. The van der Waals surface area contributed by atoms with Crippen LogP contribution in [0.4, 0.5) is 5.69 Å². The minimum Gasteiger partial charge on any atom is -0.466 e. The molecule has 1 aromatic rings. The van der Waals surface area contributed by atoms with E-state index in [-0.39, 0.29) is 18.3 Å². The molecular weight excluding hydrogens is 310 g/mol. The van der Waals surface area contributed by atoms with E-state index in [9.17, 15) is 14.4 Å². The van der Waals surface area contributed by atoms with Crippen LogP contribution in [0.2, 0.25) is 0 Å². The minimum atomic E-state index is -0.877. The zero-order chi connectivity index (χ0) is 17.9. The second-order valence-corrected chi connectivity index (χ2v) is 6.39. The maximum atomic E-state index is 12.3. The highest BCUT2D eigenvalue weighted by Crippen LogP contribution is 2.45. The largest absolute Gasteiger partial charge is 0.466 e. The summed E-state index contributed by atoms with van der Waals surface area (Å²) >= 11 is 0. The van der Waals surface area contributed by atoms with E-state index in [0.29, 0.717) is 18.7 Å². The first-order chi connectivity index (χ1) is 11.3. The zero-order valence-electron chi connectivity index (χ0n) is 14.5. The number of carbonyl (C=O) groups excluding carboxylic acids is 3. The molecule has 1 aliphatic heterocycles. The summed E-state index contributed by atoms with van der Waals surface area (Å²) in [6, 6.07) is 5.50. The highest BCUT2D eigenvalue weighted by molar-refractivity contribution is 5.99. The number of esters is 2. The summed E-state index contributed by atoms with van der Waals surface area (Å²) in [4.78, 5) is 35.3. The third-order valence-corrected chi connectivity index (χ3v) is 4.09. The SMILES string of the molecule is CCOC(=O)CCc1ccc2c(c1)[C@H](OC(C)=O)C(C)(C)C(=O)N2. The molecule has 0 bridgehead atoms. The highest BCUT2D eigenvalue weighted by atomic mass is 16.5. The number of carbonyl (C=O) groups is 3. The molecular formula is C18H23NO5. The lowest BCUT2D eigenvalue weighted by Crippen LogP contribution is -2.42. The van der Waals surface area contributed by atoms with Crippen molar-refractivity contribution in [2.75, 3.05) is 11.9 Å². The molecule has 2 rings (SSSR count). The fourth-order valence-electron chi connectivity index (χ4n) is 2.75. The predicted molar refractivity (Wildman–Crippen MR) is 88.3 cm³/mol. The van der Waals surface area contributed by atoms with E-state index in [2.05, 4.69) is 5.32 Å². The van der Waals surface area contributed by atoms with Crippen LogP contribution in [0.25, 0.3) is 0 Å². The second-order valence-electron chi connectivity index (χ2n) is 6.39. The predicted octanol–water partition coefficient (Wildman–Crippen LogP) is 2.76. The summed E-state index contributed by atoms with van der Waals surface area (Å²) < 4.78 is 10.4. The zero-order valence-corrected chi connectivity index (χ0v) is 14.5.